The molecule has 90 valence electrons. The minimum absolute atomic E-state index is 0.127. The summed E-state index contributed by atoms with van der Waals surface area (Å²) in [5.41, 5.74) is 1.08. The Morgan fingerprint density at radius 1 is 1.47 bits per heavy atom. The summed E-state index contributed by atoms with van der Waals surface area (Å²) in [4.78, 5) is 10.7. The molecule has 2 rings (SSSR count). The lowest BCUT2D eigenvalue weighted by atomic mass is 10.1. The Bertz CT molecular complexity index is 548. The number of hydrogen-bond donors (Lipinski definition) is 1. The minimum atomic E-state index is -1.13. The van der Waals surface area contributed by atoms with Gasteiger partial charge >= 0.3 is 5.97 Å². The van der Waals surface area contributed by atoms with Gasteiger partial charge in [-0.25, -0.2) is 4.79 Å². The molecule has 0 saturated heterocycles. The number of aromatic carboxylic acids is 1. The van der Waals surface area contributed by atoms with Crippen LogP contribution in [0.1, 0.15) is 31.3 Å². The summed E-state index contributed by atoms with van der Waals surface area (Å²) in [5.74, 6) is -1.31. The topological polar surface area (TPSA) is 81.2 Å². The van der Waals surface area contributed by atoms with Crippen LogP contribution < -0.4 is 0 Å². The van der Waals surface area contributed by atoms with E-state index in [0.717, 1.165) is 5.56 Å². The molecule has 1 N–H and O–H groups in total. The normalized spacial score (nSPS) is 11.7. The van der Waals surface area contributed by atoms with Gasteiger partial charge in [-0.1, -0.05) is 5.16 Å². The Morgan fingerprint density at radius 2 is 2.18 bits per heavy atom. The molecule has 0 unspecified atom stereocenters. The Kier molecular flexibility index (Phi) is 2.49. The zero-order valence-electron chi connectivity index (χ0n) is 9.84. The van der Waals surface area contributed by atoms with Gasteiger partial charge in [0.05, 0.1) is 11.7 Å². The Morgan fingerprint density at radius 3 is 2.65 bits per heavy atom. The van der Waals surface area contributed by atoms with Crippen molar-refractivity contribution in [1.29, 1.82) is 0 Å². The Labute approximate surface area is 97.8 Å². The summed E-state index contributed by atoms with van der Waals surface area (Å²) >= 11 is 0. The molecule has 0 atom stereocenters. The first-order valence-electron chi connectivity index (χ1n) is 5.13. The fourth-order valence-electron chi connectivity index (χ4n) is 1.33. The molecule has 0 bridgehead atoms. The van der Waals surface area contributed by atoms with Crippen molar-refractivity contribution in [3.05, 3.63) is 24.2 Å². The minimum Gasteiger partial charge on any atom is -0.475 e. The van der Waals surface area contributed by atoms with Crippen molar-refractivity contribution in [2.45, 2.75) is 26.3 Å². The molecular weight excluding hydrogens is 222 g/mol. The third kappa shape index (κ3) is 2.20. The fraction of sp³-hybridized carbons (Fsp3) is 0.364. The van der Waals surface area contributed by atoms with Gasteiger partial charge in [0.1, 0.15) is 5.69 Å². The lowest BCUT2D eigenvalue weighted by molar-refractivity contribution is 0.0652. The monoisotopic (exact) mass is 235 g/mol. The van der Waals surface area contributed by atoms with Crippen molar-refractivity contribution in [2.24, 2.45) is 0 Å². The van der Waals surface area contributed by atoms with E-state index >= 15 is 0 Å². The first kappa shape index (κ1) is 11.4. The maximum absolute atomic E-state index is 10.7. The number of carboxylic acids is 1. The lowest BCUT2D eigenvalue weighted by Gasteiger charge is -2.18. The van der Waals surface area contributed by atoms with Gasteiger partial charge in [-0.2, -0.15) is 5.10 Å². The molecule has 0 amide bonds. The average Bonchev–Trinajstić information content (AvgIpc) is 2.85. The van der Waals surface area contributed by atoms with Gasteiger partial charge in [0.2, 0.25) is 5.76 Å². The van der Waals surface area contributed by atoms with E-state index in [4.69, 9.17) is 5.11 Å². The second-order valence-corrected chi connectivity index (χ2v) is 4.73. The molecule has 0 aliphatic rings. The Balaban J connectivity index is 2.34. The highest BCUT2D eigenvalue weighted by Crippen LogP contribution is 2.21. The molecule has 0 aliphatic heterocycles. The number of nitrogens with zero attached hydrogens (tertiary/aromatic N) is 3. The van der Waals surface area contributed by atoms with E-state index in [9.17, 15) is 4.79 Å². The van der Waals surface area contributed by atoms with E-state index in [1.54, 1.807) is 10.9 Å². The second-order valence-electron chi connectivity index (χ2n) is 4.73. The molecule has 0 aromatic carbocycles. The summed E-state index contributed by atoms with van der Waals surface area (Å²) in [6, 6.07) is 1.38. The summed E-state index contributed by atoms with van der Waals surface area (Å²) in [6.07, 6.45) is 3.44. The van der Waals surface area contributed by atoms with Crippen LogP contribution in [0.25, 0.3) is 11.3 Å². The predicted molar refractivity (Wildman–Crippen MR) is 59.7 cm³/mol. The summed E-state index contributed by atoms with van der Waals surface area (Å²) in [6.45, 7) is 6.07. The van der Waals surface area contributed by atoms with Gasteiger partial charge in [0.15, 0.2) is 0 Å². The fourth-order valence-corrected chi connectivity index (χ4v) is 1.33. The van der Waals surface area contributed by atoms with Gasteiger partial charge in [-0.15, -0.1) is 0 Å². The molecular formula is C11H13N3O3. The van der Waals surface area contributed by atoms with E-state index in [2.05, 4.69) is 14.8 Å². The first-order valence-corrected chi connectivity index (χ1v) is 5.13. The van der Waals surface area contributed by atoms with E-state index in [-0.39, 0.29) is 11.3 Å². The van der Waals surface area contributed by atoms with Crippen molar-refractivity contribution >= 4 is 5.97 Å². The first-order chi connectivity index (χ1) is 7.88. The third-order valence-corrected chi connectivity index (χ3v) is 2.29. The second kappa shape index (κ2) is 3.73. The zero-order chi connectivity index (χ0) is 12.6. The van der Waals surface area contributed by atoms with E-state index in [0.29, 0.717) is 5.69 Å². The lowest BCUT2D eigenvalue weighted by Crippen LogP contribution is -2.21. The third-order valence-electron chi connectivity index (χ3n) is 2.29. The molecule has 0 fully saturated rings. The van der Waals surface area contributed by atoms with E-state index < -0.39 is 5.97 Å². The van der Waals surface area contributed by atoms with Crippen LogP contribution in [0.4, 0.5) is 0 Å². The van der Waals surface area contributed by atoms with E-state index in [1.807, 2.05) is 27.0 Å². The number of rotatable bonds is 2. The van der Waals surface area contributed by atoms with Crippen LogP contribution in [0.15, 0.2) is 23.0 Å². The molecule has 6 heteroatoms. The van der Waals surface area contributed by atoms with Gasteiger partial charge in [-0.3, -0.25) is 4.68 Å². The molecule has 0 radical (unpaired) electrons. The molecule has 0 saturated carbocycles. The van der Waals surface area contributed by atoms with Gasteiger partial charge in [0, 0.05) is 17.8 Å². The number of hydrogen-bond acceptors (Lipinski definition) is 4. The maximum Gasteiger partial charge on any atom is 0.374 e. The number of carbonyl (C=O) groups is 1. The molecule has 17 heavy (non-hydrogen) atoms. The highest BCUT2D eigenvalue weighted by atomic mass is 16.5. The SMILES string of the molecule is CC(C)(C)n1cc(-c2cc(C(=O)O)on2)cn1. The predicted octanol–water partition coefficient (Wildman–Crippen LogP) is 1.99. The molecule has 2 aromatic rings. The highest BCUT2D eigenvalue weighted by molar-refractivity contribution is 5.85. The standard InChI is InChI=1S/C11H13N3O3/c1-11(2,3)14-6-7(5-12-14)8-4-9(10(15)16)17-13-8/h4-6H,1-3H3,(H,15,16). The van der Waals surface area contributed by atoms with Crippen LogP contribution in [-0.4, -0.2) is 26.0 Å². The highest BCUT2D eigenvalue weighted by Gasteiger charge is 2.17. The van der Waals surface area contributed by atoms with Gasteiger partial charge in [0.25, 0.3) is 0 Å². The van der Waals surface area contributed by atoms with E-state index in [1.165, 1.54) is 6.07 Å². The van der Waals surface area contributed by atoms with Crippen molar-refractivity contribution in [1.82, 2.24) is 14.9 Å². The van der Waals surface area contributed by atoms with Gasteiger partial charge in [-0.05, 0) is 20.8 Å². The Hall–Kier alpha value is -2.11. The molecule has 2 aromatic heterocycles. The van der Waals surface area contributed by atoms with Crippen LogP contribution in [-0.2, 0) is 5.54 Å². The van der Waals surface area contributed by atoms with Crippen LogP contribution in [0, 0.1) is 0 Å². The van der Waals surface area contributed by atoms with Crippen LogP contribution >= 0.6 is 0 Å². The van der Waals surface area contributed by atoms with Crippen molar-refractivity contribution in [3.8, 4) is 11.3 Å². The van der Waals surface area contributed by atoms with Gasteiger partial charge < -0.3 is 9.63 Å². The number of aromatic nitrogens is 3. The average molecular weight is 235 g/mol. The van der Waals surface area contributed by atoms with Crippen LogP contribution in [0.5, 0.6) is 0 Å². The van der Waals surface area contributed by atoms with Crippen molar-refractivity contribution in [3.63, 3.8) is 0 Å². The van der Waals surface area contributed by atoms with Crippen molar-refractivity contribution < 1.29 is 14.4 Å². The maximum atomic E-state index is 10.7. The summed E-state index contributed by atoms with van der Waals surface area (Å²) in [7, 11) is 0. The largest absolute Gasteiger partial charge is 0.475 e. The summed E-state index contributed by atoms with van der Waals surface area (Å²) < 4.78 is 6.48. The molecule has 0 aliphatic carbocycles. The quantitative estimate of drug-likeness (QED) is 0.860. The van der Waals surface area contributed by atoms with Crippen LogP contribution in [0.2, 0.25) is 0 Å². The zero-order valence-corrected chi connectivity index (χ0v) is 9.84. The summed E-state index contributed by atoms with van der Waals surface area (Å²) in [5, 5.41) is 16.6. The number of carboxylic acid groups (broad SMARTS) is 1. The molecule has 2 heterocycles. The molecule has 0 spiro atoms. The smallest absolute Gasteiger partial charge is 0.374 e. The van der Waals surface area contributed by atoms with Crippen LogP contribution in [0.3, 0.4) is 0 Å². The molecule has 6 nitrogen and oxygen atoms in total. The van der Waals surface area contributed by atoms with Crippen molar-refractivity contribution in [2.75, 3.05) is 0 Å².